The smallest absolute Gasteiger partial charge is 0.436 e. The lowest BCUT2D eigenvalue weighted by Gasteiger charge is -2.24. The quantitative estimate of drug-likeness (QED) is 0.186. The van der Waals surface area contributed by atoms with E-state index in [4.69, 9.17) is 16.3 Å². The lowest BCUT2D eigenvalue weighted by molar-refractivity contribution is -0.141. The number of rotatable bonds is 6. The molecule has 1 N–H and O–H groups in total. The highest BCUT2D eigenvalue weighted by molar-refractivity contribution is 6.31. The van der Waals surface area contributed by atoms with E-state index in [2.05, 4.69) is 25.7 Å². The van der Waals surface area contributed by atoms with Gasteiger partial charge >= 0.3 is 12.7 Å². The molecule has 5 aromatic rings. The molecule has 49 heavy (non-hydrogen) atoms. The molecule has 6 rings (SSSR count). The van der Waals surface area contributed by atoms with E-state index in [9.17, 15) is 31.5 Å². The molecule has 2 bridgehead atoms. The predicted molar refractivity (Wildman–Crippen MR) is 169 cm³/mol. The SMILES string of the molecule is CCOc1cn(C2CCCC(C)C(=O)Nc3cnn(C(F)F)c3-c3ccnc2c3)c(=O)cc1-c1cc(Cl)ccc1-n1cc(C(F)(F)F)nn1. The summed E-state index contributed by atoms with van der Waals surface area (Å²) in [7, 11) is 0. The van der Waals surface area contributed by atoms with E-state index in [-0.39, 0.29) is 51.5 Å². The van der Waals surface area contributed by atoms with Crippen molar-refractivity contribution in [1.82, 2.24) is 34.3 Å². The van der Waals surface area contributed by atoms with E-state index in [1.165, 1.54) is 53.5 Å². The van der Waals surface area contributed by atoms with Crippen molar-refractivity contribution in [3.8, 4) is 33.8 Å². The Kier molecular flexibility index (Phi) is 9.24. The molecule has 5 heterocycles. The van der Waals surface area contributed by atoms with Gasteiger partial charge in [0.25, 0.3) is 5.56 Å². The third kappa shape index (κ3) is 6.77. The van der Waals surface area contributed by atoms with Gasteiger partial charge < -0.3 is 14.6 Å². The molecule has 256 valence electrons. The number of alkyl halides is 5. The monoisotopic (exact) mass is 702 g/mol. The molecule has 0 spiro atoms. The molecule has 17 heteroatoms. The zero-order chi connectivity index (χ0) is 35.0. The van der Waals surface area contributed by atoms with Gasteiger partial charge in [0, 0.05) is 39.9 Å². The molecule has 0 saturated carbocycles. The molecule has 4 aromatic heterocycles. The number of amides is 1. The first-order chi connectivity index (χ1) is 23.3. The van der Waals surface area contributed by atoms with Gasteiger partial charge in [-0.05, 0) is 50.1 Å². The number of anilines is 1. The number of benzene rings is 1. The Morgan fingerprint density at radius 1 is 1.08 bits per heavy atom. The van der Waals surface area contributed by atoms with E-state index in [0.29, 0.717) is 35.2 Å². The van der Waals surface area contributed by atoms with Crippen LogP contribution >= 0.6 is 11.6 Å². The molecule has 0 fully saturated rings. The molecular weight excluding hydrogens is 675 g/mol. The summed E-state index contributed by atoms with van der Waals surface area (Å²) >= 11 is 6.32. The molecule has 0 radical (unpaired) electrons. The van der Waals surface area contributed by atoms with Gasteiger partial charge in [-0.15, -0.1) is 5.10 Å². The van der Waals surface area contributed by atoms with Crippen molar-refractivity contribution in [2.24, 2.45) is 5.92 Å². The van der Waals surface area contributed by atoms with Gasteiger partial charge in [0.05, 0.1) is 54.0 Å². The number of carbonyl (C=O) groups is 1. The van der Waals surface area contributed by atoms with E-state index < -0.39 is 35.9 Å². The molecule has 0 saturated heterocycles. The minimum Gasteiger partial charge on any atom is -0.492 e. The molecule has 1 amide bonds. The first-order valence-electron chi connectivity index (χ1n) is 15.2. The Morgan fingerprint density at radius 2 is 1.88 bits per heavy atom. The summed E-state index contributed by atoms with van der Waals surface area (Å²) < 4.78 is 76.9. The molecule has 11 nitrogen and oxygen atoms in total. The Bertz CT molecular complexity index is 2080. The Morgan fingerprint density at radius 3 is 2.59 bits per heavy atom. The summed E-state index contributed by atoms with van der Waals surface area (Å²) in [6, 6.07) is 8.02. The normalized spacial score (nSPS) is 16.9. The maximum atomic E-state index is 14.0. The van der Waals surface area contributed by atoms with Crippen molar-refractivity contribution >= 4 is 23.2 Å². The average Bonchev–Trinajstić information content (AvgIpc) is 3.72. The number of nitrogens with one attached hydrogen (secondary N) is 1. The summed E-state index contributed by atoms with van der Waals surface area (Å²) in [5.74, 6) is -0.661. The van der Waals surface area contributed by atoms with E-state index in [1.54, 1.807) is 19.9 Å². The third-order valence-electron chi connectivity index (χ3n) is 8.16. The molecule has 1 aliphatic rings. The topological polar surface area (TPSA) is 122 Å². The Hall–Kier alpha value is -5.12. The van der Waals surface area contributed by atoms with Crippen molar-refractivity contribution in [1.29, 1.82) is 0 Å². The molecule has 0 aliphatic carbocycles. The van der Waals surface area contributed by atoms with Crippen molar-refractivity contribution in [3.05, 3.63) is 87.9 Å². The minimum absolute atomic E-state index is 0.0218. The minimum atomic E-state index is -4.73. The fourth-order valence-electron chi connectivity index (χ4n) is 5.79. The fraction of sp³-hybridized carbons (Fsp3) is 0.312. The fourth-order valence-corrected chi connectivity index (χ4v) is 5.96. The lowest BCUT2D eigenvalue weighted by atomic mass is 9.96. The number of hydrogen-bond acceptors (Lipinski definition) is 7. The largest absolute Gasteiger partial charge is 0.492 e. The van der Waals surface area contributed by atoms with Crippen LogP contribution in [0.1, 0.15) is 57.1 Å². The van der Waals surface area contributed by atoms with Gasteiger partial charge in [0.2, 0.25) is 5.91 Å². The molecule has 1 aromatic carbocycles. The summed E-state index contributed by atoms with van der Waals surface area (Å²) in [5.41, 5.74) is -0.321. The maximum Gasteiger partial charge on any atom is 0.436 e. The van der Waals surface area contributed by atoms with Crippen LogP contribution in [0.2, 0.25) is 5.02 Å². The first-order valence-corrected chi connectivity index (χ1v) is 15.5. The highest BCUT2D eigenvalue weighted by Gasteiger charge is 2.35. The van der Waals surface area contributed by atoms with Crippen molar-refractivity contribution in [3.63, 3.8) is 0 Å². The number of carbonyl (C=O) groups excluding carboxylic acids is 1. The van der Waals surface area contributed by atoms with Crippen LogP contribution in [0.5, 0.6) is 5.75 Å². The molecule has 2 atom stereocenters. The number of ether oxygens (including phenoxy) is 1. The second-order valence-corrected chi connectivity index (χ2v) is 11.8. The number of nitrogens with zero attached hydrogens (tertiary/aromatic N) is 7. The van der Waals surface area contributed by atoms with Gasteiger partial charge in [-0.2, -0.15) is 27.1 Å². The second kappa shape index (κ2) is 13.4. The number of pyridine rings is 2. The predicted octanol–water partition coefficient (Wildman–Crippen LogP) is 7.17. The van der Waals surface area contributed by atoms with Crippen LogP contribution in [-0.2, 0) is 11.0 Å². The van der Waals surface area contributed by atoms with E-state index in [1.807, 2.05) is 0 Å². The molecular formula is C32H28ClF5N8O3. The zero-order valence-corrected chi connectivity index (χ0v) is 26.7. The lowest BCUT2D eigenvalue weighted by Crippen LogP contribution is -2.27. The summed E-state index contributed by atoms with van der Waals surface area (Å²) in [6.07, 6.45) is 1.29. The van der Waals surface area contributed by atoms with Crippen LogP contribution in [0.3, 0.4) is 0 Å². The first kappa shape index (κ1) is 33.8. The maximum absolute atomic E-state index is 14.0. The Balaban J connectivity index is 1.50. The molecule has 2 unspecified atom stereocenters. The average molecular weight is 703 g/mol. The van der Waals surface area contributed by atoms with Gasteiger partial charge in [-0.3, -0.25) is 14.6 Å². The number of hydrogen-bond donors (Lipinski definition) is 1. The number of halogens is 6. The number of fused-ring (bicyclic) bond motifs is 4. The summed E-state index contributed by atoms with van der Waals surface area (Å²) in [5, 5.41) is 13.6. The second-order valence-electron chi connectivity index (χ2n) is 11.4. The van der Waals surface area contributed by atoms with Crippen molar-refractivity contribution in [2.75, 3.05) is 11.9 Å². The molecule has 1 aliphatic heterocycles. The van der Waals surface area contributed by atoms with Crippen LogP contribution in [0.4, 0.5) is 27.6 Å². The number of aromatic nitrogens is 7. The highest BCUT2D eigenvalue weighted by atomic mass is 35.5. The summed E-state index contributed by atoms with van der Waals surface area (Å²) in [6.45, 7) is 0.598. The standard InChI is InChI=1S/C32H28ClF5N8O3/c1-3-49-26-15-44(28(47)13-21(26)20-12-19(33)7-8-24(20)45-16-27(42-43-45)32(36,37)38)25-6-4-5-17(2)30(48)41-23-14-40-46(31(34)35)29(23)18-9-10-39-22(25)11-18/h7-17,25,31H,3-6H2,1-2H3,(H,41,48). The van der Waals surface area contributed by atoms with Crippen molar-refractivity contribution in [2.45, 2.75) is 51.9 Å². The van der Waals surface area contributed by atoms with Crippen LogP contribution in [-0.4, -0.2) is 46.8 Å². The van der Waals surface area contributed by atoms with E-state index >= 15 is 0 Å². The van der Waals surface area contributed by atoms with E-state index in [0.717, 1.165) is 10.9 Å². The highest BCUT2D eigenvalue weighted by Crippen LogP contribution is 2.38. The van der Waals surface area contributed by atoms with Crippen LogP contribution in [0.25, 0.3) is 28.1 Å². The van der Waals surface area contributed by atoms with Gasteiger partial charge in [-0.1, -0.05) is 30.2 Å². The third-order valence-corrected chi connectivity index (χ3v) is 8.39. The zero-order valence-electron chi connectivity index (χ0n) is 26.0. The van der Waals surface area contributed by atoms with Gasteiger partial charge in [0.15, 0.2) is 5.69 Å². The van der Waals surface area contributed by atoms with Gasteiger partial charge in [0.1, 0.15) is 5.75 Å². The van der Waals surface area contributed by atoms with Gasteiger partial charge in [-0.25, -0.2) is 9.36 Å². The van der Waals surface area contributed by atoms with Crippen molar-refractivity contribution < 1.29 is 31.5 Å². The van der Waals surface area contributed by atoms with Crippen LogP contribution in [0.15, 0.2) is 66.0 Å². The van der Waals surface area contributed by atoms with Crippen LogP contribution in [0, 0.1) is 5.92 Å². The van der Waals surface area contributed by atoms with Crippen LogP contribution < -0.4 is 15.6 Å². The summed E-state index contributed by atoms with van der Waals surface area (Å²) in [4.78, 5) is 31.5. The Labute approximate surface area is 280 Å².